The first-order valence-corrected chi connectivity index (χ1v) is 6.75. The maximum Gasteiger partial charge on any atom is 0.233 e. The normalized spacial score (nSPS) is 41.7. The molecule has 0 aromatic rings. The van der Waals surface area contributed by atoms with Crippen LogP contribution in [0.5, 0.6) is 0 Å². The summed E-state index contributed by atoms with van der Waals surface area (Å²) in [6.45, 7) is 3.37. The van der Waals surface area contributed by atoms with Crippen LogP contribution >= 0.6 is 0 Å². The van der Waals surface area contributed by atoms with E-state index in [4.69, 9.17) is 10.9 Å². The standard InChI is InChI=1S/C13H21N3O2/c1-13(2,11(14)16-18)12(17)15-10-8-6-3-4-7(5-6)9(8)10/h6-10,18H,3-5H2,1-2H3,(H2,14,16)(H,15,17). The van der Waals surface area contributed by atoms with Crippen molar-refractivity contribution in [2.24, 2.45) is 40.0 Å². The molecule has 1 amide bonds. The summed E-state index contributed by atoms with van der Waals surface area (Å²) < 4.78 is 0. The summed E-state index contributed by atoms with van der Waals surface area (Å²) >= 11 is 0. The Morgan fingerprint density at radius 1 is 1.33 bits per heavy atom. The molecule has 0 saturated heterocycles. The van der Waals surface area contributed by atoms with Gasteiger partial charge in [0, 0.05) is 6.04 Å². The van der Waals surface area contributed by atoms with Crippen LogP contribution in [0.25, 0.3) is 0 Å². The molecular weight excluding hydrogens is 230 g/mol. The summed E-state index contributed by atoms with van der Waals surface area (Å²) in [6.07, 6.45) is 4.04. The lowest BCUT2D eigenvalue weighted by Gasteiger charge is -2.23. The second-order valence-corrected chi connectivity index (χ2v) is 6.60. The Hall–Kier alpha value is -1.26. The zero-order valence-corrected chi connectivity index (χ0v) is 10.9. The molecule has 0 radical (unpaired) electrons. The third-order valence-electron chi connectivity index (χ3n) is 5.35. The van der Waals surface area contributed by atoms with Gasteiger partial charge in [0.15, 0.2) is 5.84 Å². The minimum absolute atomic E-state index is 0.0335. The van der Waals surface area contributed by atoms with Gasteiger partial charge in [0.2, 0.25) is 5.91 Å². The highest BCUT2D eigenvalue weighted by Crippen LogP contribution is 2.65. The van der Waals surface area contributed by atoms with Gasteiger partial charge >= 0.3 is 0 Å². The van der Waals surface area contributed by atoms with Crippen molar-refractivity contribution in [1.82, 2.24) is 5.32 Å². The number of hydrogen-bond donors (Lipinski definition) is 3. The van der Waals surface area contributed by atoms with Crippen LogP contribution < -0.4 is 11.1 Å². The van der Waals surface area contributed by atoms with Gasteiger partial charge in [0.05, 0.1) is 0 Å². The first kappa shape index (κ1) is 11.8. The molecule has 2 bridgehead atoms. The number of amidine groups is 1. The Balaban J connectivity index is 1.64. The Morgan fingerprint density at radius 3 is 2.39 bits per heavy atom. The van der Waals surface area contributed by atoms with Crippen molar-refractivity contribution < 1.29 is 10.0 Å². The molecule has 3 aliphatic rings. The Morgan fingerprint density at radius 2 is 1.89 bits per heavy atom. The van der Waals surface area contributed by atoms with Crippen molar-refractivity contribution in [2.75, 3.05) is 0 Å². The number of nitrogens with zero attached hydrogens (tertiary/aromatic N) is 1. The van der Waals surface area contributed by atoms with Crippen LogP contribution in [0.15, 0.2) is 5.16 Å². The lowest BCUT2D eigenvalue weighted by Crippen LogP contribution is -2.47. The Labute approximate surface area is 107 Å². The number of amides is 1. The Kier molecular flexibility index (Phi) is 2.37. The van der Waals surface area contributed by atoms with Crippen molar-refractivity contribution in [3.8, 4) is 0 Å². The van der Waals surface area contributed by atoms with E-state index in [1.165, 1.54) is 19.3 Å². The predicted octanol–water partition coefficient (Wildman–Crippen LogP) is 0.920. The molecular formula is C13H21N3O2. The molecule has 3 rings (SSSR count). The van der Waals surface area contributed by atoms with Gasteiger partial charge in [-0.2, -0.15) is 0 Å². The number of carbonyl (C=O) groups is 1. The molecule has 5 heteroatoms. The molecule has 3 aliphatic carbocycles. The molecule has 0 aromatic heterocycles. The third-order valence-corrected chi connectivity index (χ3v) is 5.35. The molecule has 0 spiro atoms. The summed E-state index contributed by atoms with van der Waals surface area (Å²) in [4.78, 5) is 12.2. The number of nitrogens with two attached hydrogens (primary N) is 1. The second-order valence-electron chi connectivity index (χ2n) is 6.60. The smallest absolute Gasteiger partial charge is 0.233 e. The lowest BCUT2D eigenvalue weighted by molar-refractivity contribution is -0.126. The SMILES string of the molecule is CC(C)(C(=O)NC1C2C3CCC(C3)C12)C(N)=NO. The van der Waals surface area contributed by atoms with Gasteiger partial charge in [0.25, 0.3) is 0 Å². The summed E-state index contributed by atoms with van der Waals surface area (Å²) in [6, 6.07) is 0.342. The molecule has 0 aliphatic heterocycles. The fraction of sp³-hybridized carbons (Fsp3) is 0.846. The van der Waals surface area contributed by atoms with E-state index in [2.05, 4.69) is 10.5 Å². The van der Waals surface area contributed by atoms with Crippen LogP contribution in [0.1, 0.15) is 33.1 Å². The number of carbonyl (C=O) groups excluding carboxylic acids is 1. The first-order chi connectivity index (χ1) is 8.46. The molecule has 4 unspecified atom stereocenters. The van der Waals surface area contributed by atoms with E-state index >= 15 is 0 Å². The lowest BCUT2D eigenvalue weighted by atomic mass is 9.90. The molecule has 3 fully saturated rings. The van der Waals surface area contributed by atoms with Crippen molar-refractivity contribution in [2.45, 2.75) is 39.2 Å². The highest BCUT2D eigenvalue weighted by molar-refractivity contribution is 6.06. The fourth-order valence-electron chi connectivity index (χ4n) is 4.09. The van der Waals surface area contributed by atoms with E-state index in [-0.39, 0.29) is 11.7 Å². The molecule has 100 valence electrons. The van der Waals surface area contributed by atoms with Crippen molar-refractivity contribution in [3.63, 3.8) is 0 Å². The maximum atomic E-state index is 12.2. The minimum atomic E-state index is -0.940. The first-order valence-electron chi connectivity index (χ1n) is 6.75. The number of fused-ring (bicyclic) bond motifs is 5. The van der Waals surface area contributed by atoms with Crippen molar-refractivity contribution in [1.29, 1.82) is 0 Å². The molecule has 3 saturated carbocycles. The summed E-state index contributed by atoms with van der Waals surface area (Å²) in [5.74, 6) is 2.91. The van der Waals surface area contributed by atoms with Gasteiger partial charge in [-0.25, -0.2) is 0 Å². The zero-order valence-electron chi connectivity index (χ0n) is 10.9. The van der Waals surface area contributed by atoms with Crippen molar-refractivity contribution >= 4 is 11.7 Å². The highest BCUT2D eigenvalue weighted by Gasteiger charge is 2.65. The molecule has 18 heavy (non-hydrogen) atoms. The number of nitrogens with one attached hydrogen (secondary N) is 1. The predicted molar refractivity (Wildman–Crippen MR) is 66.9 cm³/mol. The van der Waals surface area contributed by atoms with Crippen LogP contribution in [-0.4, -0.2) is 23.0 Å². The van der Waals surface area contributed by atoms with E-state index in [0.717, 1.165) is 11.8 Å². The molecule has 5 nitrogen and oxygen atoms in total. The van der Waals surface area contributed by atoms with Gasteiger partial charge in [-0.1, -0.05) is 5.16 Å². The van der Waals surface area contributed by atoms with Gasteiger partial charge in [-0.05, 0) is 56.8 Å². The number of rotatable bonds is 3. The van der Waals surface area contributed by atoms with Crippen LogP contribution in [0.3, 0.4) is 0 Å². The topological polar surface area (TPSA) is 87.7 Å². The van der Waals surface area contributed by atoms with Crippen LogP contribution in [-0.2, 0) is 4.79 Å². The average Bonchev–Trinajstić information content (AvgIpc) is 2.75. The highest BCUT2D eigenvalue weighted by atomic mass is 16.4. The minimum Gasteiger partial charge on any atom is -0.409 e. The molecule has 4 N–H and O–H groups in total. The fourth-order valence-corrected chi connectivity index (χ4v) is 4.09. The van der Waals surface area contributed by atoms with E-state index < -0.39 is 5.41 Å². The van der Waals surface area contributed by atoms with E-state index in [1.54, 1.807) is 13.8 Å². The number of hydrogen-bond acceptors (Lipinski definition) is 3. The van der Waals surface area contributed by atoms with Crippen molar-refractivity contribution in [3.05, 3.63) is 0 Å². The summed E-state index contributed by atoms with van der Waals surface area (Å²) in [5.41, 5.74) is 4.63. The third kappa shape index (κ3) is 1.45. The number of oxime groups is 1. The van der Waals surface area contributed by atoms with Gasteiger partial charge in [-0.3, -0.25) is 4.79 Å². The molecule has 0 aromatic carbocycles. The summed E-state index contributed by atoms with van der Waals surface area (Å²) in [7, 11) is 0. The van der Waals surface area contributed by atoms with Crippen LogP contribution in [0.2, 0.25) is 0 Å². The quantitative estimate of drug-likeness (QED) is 0.302. The second kappa shape index (κ2) is 3.62. The Bertz CT molecular complexity index is 402. The van der Waals surface area contributed by atoms with Gasteiger partial charge in [-0.15, -0.1) is 0 Å². The van der Waals surface area contributed by atoms with E-state index in [1.807, 2.05) is 0 Å². The average molecular weight is 251 g/mol. The van der Waals surface area contributed by atoms with Crippen LogP contribution in [0.4, 0.5) is 0 Å². The largest absolute Gasteiger partial charge is 0.409 e. The van der Waals surface area contributed by atoms with E-state index in [9.17, 15) is 4.79 Å². The summed E-state index contributed by atoms with van der Waals surface area (Å²) in [5, 5.41) is 14.8. The monoisotopic (exact) mass is 251 g/mol. The van der Waals surface area contributed by atoms with Gasteiger partial charge < -0.3 is 16.3 Å². The molecule has 4 atom stereocenters. The van der Waals surface area contributed by atoms with Crippen LogP contribution in [0, 0.1) is 29.1 Å². The zero-order chi connectivity index (χ0) is 13.1. The van der Waals surface area contributed by atoms with E-state index in [0.29, 0.717) is 17.9 Å². The maximum absolute atomic E-state index is 12.2. The van der Waals surface area contributed by atoms with Gasteiger partial charge in [0.1, 0.15) is 5.41 Å². The molecule has 0 heterocycles.